The van der Waals surface area contributed by atoms with E-state index in [1.165, 1.54) is 0 Å². The summed E-state index contributed by atoms with van der Waals surface area (Å²) < 4.78 is 23.3. The van der Waals surface area contributed by atoms with Gasteiger partial charge >= 0.3 is 0 Å². The van der Waals surface area contributed by atoms with E-state index < -0.39 is 0 Å². The van der Waals surface area contributed by atoms with Crippen LogP contribution in [0.5, 0.6) is 0 Å². The van der Waals surface area contributed by atoms with Gasteiger partial charge in [0.15, 0.2) is 12.6 Å². The molecule has 1 aromatic carbocycles. The van der Waals surface area contributed by atoms with Crippen molar-refractivity contribution >= 4 is 11.6 Å². The van der Waals surface area contributed by atoms with Gasteiger partial charge < -0.3 is 18.9 Å². The lowest BCUT2D eigenvalue weighted by atomic mass is 10.0. The number of ether oxygens (including phenoxy) is 4. The van der Waals surface area contributed by atoms with Crippen LogP contribution in [0.2, 0.25) is 5.02 Å². The van der Waals surface area contributed by atoms with Crippen molar-refractivity contribution in [3.05, 3.63) is 47.0 Å². The number of hydrogen-bond donors (Lipinski definition) is 0. The molecule has 2 aliphatic rings. The van der Waals surface area contributed by atoms with E-state index in [1.54, 1.807) is 0 Å². The summed E-state index contributed by atoms with van der Waals surface area (Å²) in [5.41, 5.74) is 1.01. The Balaban J connectivity index is 1.34. The van der Waals surface area contributed by atoms with Crippen LogP contribution < -0.4 is 0 Å². The van der Waals surface area contributed by atoms with Gasteiger partial charge in [-0.25, -0.2) is 0 Å². The Kier molecular flexibility index (Phi) is 7.32. The maximum absolute atomic E-state index is 5.91. The summed E-state index contributed by atoms with van der Waals surface area (Å²) in [6, 6.07) is 7.60. The Labute approximate surface area is 155 Å². The summed E-state index contributed by atoms with van der Waals surface area (Å²) in [7, 11) is 0. The van der Waals surface area contributed by atoms with Crippen molar-refractivity contribution in [3.8, 4) is 0 Å². The summed E-state index contributed by atoms with van der Waals surface area (Å²) in [5, 5.41) is 0.720. The molecule has 25 heavy (non-hydrogen) atoms. The van der Waals surface area contributed by atoms with Gasteiger partial charge in [-0.05, 0) is 31.4 Å². The van der Waals surface area contributed by atoms with Gasteiger partial charge in [-0.3, -0.25) is 0 Å². The maximum atomic E-state index is 5.91. The number of benzene rings is 1. The first-order valence-electron chi connectivity index (χ1n) is 9.13. The van der Waals surface area contributed by atoms with Gasteiger partial charge in [-0.15, -0.1) is 0 Å². The average Bonchev–Trinajstić information content (AvgIpc) is 2.67. The SMILES string of the molecule is CC/C=C/C1COC(CCC2COC(c3ccc(Cl)cc3)OC2)OC1. The number of halogens is 1. The predicted molar refractivity (Wildman–Crippen MR) is 97.4 cm³/mol. The first-order valence-corrected chi connectivity index (χ1v) is 9.51. The van der Waals surface area contributed by atoms with E-state index in [4.69, 9.17) is 30.5 Å². The summed E-state index contributed by atoms with van der Waals surface area (Å²) in [4.78, 5) is 0. The van der Waals surface area contributed by atoms with Gasteiger partial charge in [0, 0.05) is 22.4 Å². The smallest absolute Gasteiger partial charge is 0.183 e. The molecule has 0 N–H and O–H groups in total. The van der Waals surface area contributed by atoms with Crippen molar-refractivity contribution < 1.29 is 18.9 Å². The third-order valence-electron chi connectivity index (χ3n) is 4.56. The molecule has 0 aliphatic carbocycles. The minimum absolute atomic E-state index is 0.0970. The molecule has 2 fully saturated rings. The summed E-state index contributed by atoms with van der Waals surface area (Å²) in [5.74, 6) is 0.770. The Hall–Kier alpha value is -0.910. The van der Waals surface area contributed by atoms with Crippen molar-refractivity contribution in [2.24, 2.45) is 11.8 Å². The normalized spacial score (nSPS) is 30.6. The highest BCUT2D eigenvalue weighted by molar-refractivity contribution is 6.30. The van der Waals surface area contributed by atoms with Crippen molar-refractivity contribution in [2.75, 3.05) is 26.4 Å². The van der Waals surface area contributed by atoms with E-state index in [1.807, 2.05) is 24.3 Å². The lowest BCUT2D eigenvalue weighted by molar-refractivity contribution is -0.217. The van der Waals surface area contributed by atoms with Gasteiger partial charge in [0.2, 0.25) is 0 Å². The van der Waals surface area contributed by atoms with Crippen LogP contribution in [0.25, 0.3) is 0 Å². The number of rotatable bonds is 6. The van der Waals surface area contributed by atoms with E-state index in [9.17, 15) is 0 Å². The second kappa shape index (κ2) is 9.70. The van der Waals surface area contributed by atoms with Gasteiger partial charge in [-0.1, -0.05) is 42.8 Å². The van der Waals surface area contributed by atoms with Crippen LogP contribution in [-0.4, -0.2) is 32.7 Å². The average molecular weight is 367 g/mol. The van der Waals surface area contributed by atoms with Gasteiger partial charge in [0.05, 0.1) is 26.4 Å². The molecule has 0 aromatic heterocycles. The fourth-order valence-electron chi connectivity index (χ4n) is 3.06. The largest absolute Gasteiger partial charge is 0.352 e. The van der Waals surface area contributed by atoms with Gasteiger partial charge in [0.1, 0.15) is 0 Å². The molecule has 4 nitrogen and oxygen atoms in total. The molecule has 138 valence electrons. The van der Waals surface area contributed by atoms with Crippen LogP contribution in [0, 0.1) is 11.8 Å². The molecule has 5 heteroatoms. The molecule has 0 atom stereocenters. The van der Waals surface area contributed by atoms with Crippen LogP contribution in [0.3, 0.4) is 0 Å². The minimum atomic E-state index is -0.290. The molecule has 0 radical (unpaired) electrons. The van der Waals surface area contributed by atoms with Crippen LogP contribution in [0.4, 0.5) is 0 Å². The van der Waals surface area contributed by atoms with E-state index in [0.717, 1.165) is 43.1 Å². The maximum Gasteiger partial charge on any atom is 0.183 e. The van der Waals surface area contributed by atoms with E-state index in [2.05, 4.69) is 19.1 Å². The van der Waals surface area contributed by atoms with E-state index >= 15 is 0 Å². The first kappa shape index (κ1) is 18.9. The monoisotopic (exact) mass is 366 g/mol. The standard InChI is InChI=1S/C20H27ClO4/c1-2-3-4-15-11-22-19(23-12-15)10-5-16-13-24-20(25-14-16)17-6-8-18(21)9-7-17/h3-4,6-9,15-16,19-20H,2,5,10-14H2,1H3/b4-3+. The van der Waals surface area contributed by atoms with Crippen molar-refractivity contribution in [3.63, 3.8) is 0 Å². The Bertz CT molecular complexity index is 529. The highest BCUT2D eigenvalue weighted by Gasteiger charge is 2.26. The quantitative estimate of drug-likeness (QED) is 0.681. The fraction of sp³-hybridized carbons (Fsp3) is 0.600. The topological polar surface area (TPSA) is 36.9 Å². The predicted octanol–water partition coefficient (Wildman–Crippen LogP) is 4.74. The fourth-order valence-corrected chi connectivity index (χ4v) is 3.18. The summed E-state index contributed by atoms with van der Waals surface area (Å²) >= 11 is 5.91. The van der Waals surface area contributed by atoms with Crippen molar-refractivity contribution in [2.45, 2.75) is 38.8 Å². The lowest BCUT2D eigenvalue weighted by Gasteiger charge is -2.32. The molecule has 2 saturated heterocycles. The second-order valence-electron chi connectivity index (χ2n) is 6.69. The highest BCUT2D eigenvalue weighted by atomic mass is 35.5. The zero-order chi connectivity index (χ0) is 17.5. The molecule has 1 aromatic rings. The third kappa shape index (κ3) is 5.80. The molecule has 2 aliphatic heterocycles. The van der Waals surface area contributed by atoms with E-state index in [0.29, 0.717) is 25.0 Å². The second-order valence-corrected chi connectivity index (χ2v) is 7.12. The van der Waals surface area contributed by atoms with Crippen LogP contribution in [-0.2, 0) is 18.9 Å². The molecule has 0 spiro atoms. The Morgan fingerprint density at radius 3 is 2.28 bits per heavy atom. The minimum Gasteiger partial charge on any atom is -0.352 e. The highest BCUT2D eigenvalue weighted by Crippen LogP contribution is 2.28. The van der Waals surface area contributed by atoms with E-state index in [-0.39, 0.29) is 12.6 Å². The first-order chi connectivity index (χ1) is 12.2. The summed E-state index contributed by atoms with van der Waals surface area (Å²) in [6.45, 7) is 5.02. The zero-order valence-corrected chi connectivity index (χ0v) is 15.5. The zero-order valence-electron chi connectivity index (χ0n) is 14.7. The molecule has 0 unspecified atom stereocenters. The Morgan fingerprint density at radius 1 is 0.960 bits per heavy atom. The number of hydrogen-bond acceptors (Lipinski definition) is 4. The molecule has 0 saturated carbocycles. The van der Waals surface area contributed by atoms with Crippen LogP contribution in [0.15, 0.2) is 36.4 Å². The van der Waals surface area contributed by atoms with Gasteiger partial charge in [-0.2, -0.15) is 0 Å². The number of allylic oxidation sites excluding steroid dienone is 1. The molecule has 2 heterocycles. The third-order valence-corrected chi connectivity index (χ3v) is 4.81. The molecule has 0 amide bonds. The molecular weight excluding hydrogens is 340 g/mol. The summed E-state index contributed by atoms with van der Waals surface area (Å²) in [6.07, 6.45) is 6.89. The molecule has 3 rings (SSSR count). The van der Waals surface area contributed by atoms with Crippen LogP contribution >= 0.6 is 11.6 Å². The molecular formula is C20H27ClO4. The lowest BCUT2D eigenvalue weighted by Crippen LogP contribution is -2.33. The Morgan fingerprint density at radius 2 is 1.64 bits per heavy atom. The molecule has 0 bridgehead atoms. The van der Waals surface area contributed by atoms with Gasteiger partial charge in [0.25, 0.3) is 0 Å². The van der Waals surface area contributed by atoms with Crippen molar-refractivity contribution in [1.82, 2.24) is 0 Å². The van der Waals surface area contributed by atoms with Crippen LogP contribution in [0.1, 0.15) is 38.0 Å². The van der Waals surface area contributed by atoms with Crippen molar-refractivity contribution in [1.29, 1.82) is 0 Å².